The molecule has 1 amide bonds. The summed E-state index contributed by atoms with van der Waals surface area (Å²) in [5.74, 6) is 0.0151. The molecule has 1 aromatic carbocycles. The molecule has 1 aromatic rings. The molecular formula is C11H14N2O. The highest BCUT2D eigenvalue weighted by atomic mass is 16.2. The number of rotatable bonds is 1. The highest BCUT2D eigenvalue weighted by Gasteiger charge is 2.42. The number of aryl methyl sites for hydroxylation is 1. The average Bonchev–Trinajstić information content (AvgIpc) is 2.21. The first-order valence-corrected chi connectivity index (χ1v) is 4.76. The second-order valence-electron chi connectivity index (χ2n) is 3.81. The van der Waals surface area contributed by atoms with Gasteiger partial charge in [-0.05, 0) is 26.0 Å². The molecule has 2 atom stereocenters. The zero-order chi connectivity index (χ0) is 10.3. The van der Waals surface area contributed by atoms with Crippen molar-refractivity contribution in [1.82, 2.24) is 0 Å². The van der Waals surface area contributed by atoms with Crippen LogP contribution in [0.4, 0.5) is 5.69 Å². The quantitative estimate of drug-likeness (QED) is 0.673. The minimum atomic E-state index is -0.323. The summed E-state index contributed by atoms with van der Waals surface area (Å²) in [4.78, 5) is 13.2. The van der Waals surface area contributed by atoms with Crippen LogP contribution < -0.4 is 10.6 Å². The number of nitrogens with two attached hydrogens (primary N) is 1. The van der Waals surface area contributed by atoms with Crippen molar-refractivity contribution < 1.29 is 4.79 Å². The maximum Gasteiger partial charge on any atom is 0.246 e. The molecule has 0 unspecified atom stereocenters. The normalized spacial score (nSPS) is 26.2. The lowest BCUT2D eigenvalue weighted by atomic mass is 9.96. The molecule has 0 aliphatic carbocycles. The second-order valence-corrected chi connectivity index (χ2v) is 3.81. The Hall–Kier alpha value is -1.35. The SMILES string of the molecule is Cc1ccc(N2C(=O)[C@H](N)[C@@H]2C)cc1. The van der Waals surface area contributed by atoms with Crippen molar-refractivity contribution in [3.05, 3.63) is 29.8 Å². The number of β-lactam (4-membered cyclic amide) rings is 1. The van der Waals surface area contributed by atoms with Gasteiger partial charge in [0.15, 0.2) is 0 Å². The zero-order valence-electron chi connectivity index (χ0n) is 8.40. The highest BCUT2D eigenvalue weighted by Crippen LogP contribution is 2.26. The predicted octanol–water partition coefficient (Wildman–Crippen LogP) is 1.06. The Labute approximate surface area is 83.5 Å². The summed E-state index contributed by atoms with van der Waals surface area (Å²) in [5, 5.41) is 0. The third kappa shape index (κ3) is 1.21. The molecule has 2 N–H and O–H groups in total. The molecule has 3 nitrogen and oxygen atoms in total. The largest absolute Gasteiger partial charge is 0.318 e. The van der Waals surface area contributed by atoms with E-state index in [1.807, 2.05) is 38.1 Å². The third-order valence-corrected chi connectivity index (χ3v) is 2.76. The molecule has 0 radical (unpaired) electrons. The fraction of sp³-hybridized carbons (Fsp3) is 0.364. The van der Waals surface area contributed by atoms with Crippen LogP contribution in [0.15, 0.2) is 24.3 Å². The van der Waals surface area contributed by atoms with Crippen LogP contribution in [-0.2, 0) is 4.79 Å². The van der Waals surface area contributed by atoms with E-state index < -0.39 is 0 Å². The number of benzene rings is 1. The maximum atomic E-state index is 11.5. The fourth-order valence-corrected chi connectivity index (χ4v) is 1.71. The van der Waals surface area contributed by atoms with Crippen LogP contribution in [0.5, 0.6) is 0 Å². The number of hydrogen-bond donors (Lipinski definition) is 1. The van der Waals surface area contributed by atoms with Crippen LogP contribution in [0.1, 0.15) is 12.5 Å². The molecular weight excluding hydrogens is 176 g/mol. The Morgan fingerprint density at radius 3 is 2.36 bits per heavy atom. The molecule has 1 aliphatic rings. The van der Waals surface area contributed by atoms with Crippen LogP contribution in [0.3, 0.4) is 0 Å². The van der Waals surface area contributed by atoms with Gasteiger partial charge in [-0.1, -0.05) is 17.7 Å². The molecule has 0 saturated carbocycles. The molecule has 74 valence electrons. The van der Waals surface area contributed by atoms with Gasteiger partial charge in [0, 0.05) is 5.69 Å². The first-order chi connectivity index (χ1) is 6.61. The predicted molar refractivity (Wildman–Crippen MR) is 56.1 cm³/mol. The van der Waals surface area contributed by atoms with Crippen LogP contribution >= 0.6 is 0 Å². The lowest BCUT2D eigenvalue weighted by molar-refractivity contribution is -0.125. The van der Waals surface area contributed by atoms with Crippen LogP contribution in [0, 0.1) is 6.92 Å². The van der Waals surface area contributed by atoms with E-state index in [1.54, 1.807) is 4.90 Å². The van der Waals surface area contributed by atoms with Crippen molar-refractivity contribution >= 4 is 11.6 Å². The van der Waals surface area contributed by atoms with E-state index >= 15 is 0 Å². The number of carbonyl (C=O) groups is 1. The smallest absolute Gasteiger partial charge is 0.246 e. The molecule has 1 fully saturated rings. The number of amides is 1. The maximum absolute atomic E-state index is 11.5. The van der Waals surface area contributed by atoms with Gasteiger partial charge in [0.25, 0.3) is 0 Å². The Morgan fingerprint density at radius 2 is 1.86 bits per heavy atom. The molecule has 0 bridgehead atoms. The monoisotopic (exact) mass is 190 g/mol. The van der Waals surface area contributed by atoms with Crippen molar-refractivity contribution in [1.29, 1.82) is 0 Å². The first kappa shape index (κ1) is 9.21. The van der Waals surface area contributed by atoms with Crippen molar-refractivity contribution in [2.45, 2.75) is 25.9 Å². The number of carbonyl (C=O) groups excluding carboxylic acids is 1. The minimum Gasteiger partial charge on any atom is -0.318 e. The van der Waals surface area contributed by atoms with Crippen LogP contribution in [0.2, 0.25) is 0 Å². The van der Waals surface area contributed by atoms with Gasteiger partial charge in [-0.15, -0.1) is 0 Å². The minimum absolute atomic E-state index is 0.0151. The fourth-order valence-electron chi connectivity index (χ4n) is 1.71. The van der Waals surface area contributed by atoms with Gasteiger partial charge in [-0.3, -0.25) is 4.79 Å². The number of hydrogen-bond acceptors (Lipinski definition) is 2. The van der Waals surface area contributed by atoms with E-state index in [-0.39, 0.29) is 18.0 Å². The van der Waals surface area contributed by atoms with E-state index in [4.69, 9.17) is 5.73 Å². The van der Waals surface area contributed by atoms with Gasteiger partial charge in [0.1, 0.15) is 6.04 Å². The van der Waals surface area contributed by atoms with Crippen molar-refractivity contribution in [2.24, 2.45) is 5.73 Å². The van der Waals surface area contributed by atoms with Crippen molar-refractivity contribution in [3.63, 3.8) is 0 Å². The molecule has 2 rings (SSSR count). The summed E-state index contributed by atoms with van der Waals surface area (Å²) in [6.07, 6.45) is 0. The Kier molecular flexibility index (Phi) is 2.04. The van der Waals surface area contributed by atoms with Crippen molar-refractivity contribution in [2.75, 3.05) is 4.90 Å². The Balaban J connectivity index is 2.25. The Bertz CT molecular complexity index is 358. The standard InChI is InChI=1S/C11H14N2O/c1-7-3-5-9(6-4-7)13-8(2)10(12)11(13)14/h3-6,8,10H,12H2,1-2H3/t8-,10+/m0/s1. The molecule has 14 heavy (non-hydrogen) atoms. The summed E-state index contributed by atoms with van der Waals surface area (Å²) in [6, 6.07) is 7.70. The zero-order valence-corrected chi connectivity index (χ0v) is 8.40. The van der Waals surface area contributed by atoms with Crippen molar-refractivity contribution in [3.8, 4) is 0 Å². The highest BCUT2D eigenvalue weighted by molar-refractivity contribution is 6.05. The molecule has 0 spiro atoms. The van der Waals surface area contributed by atoms with Crippen LogP contribution in [-0.4, -0.2) is 18.0 Å². The average molecular weight is 190 g/mol. The summed E-state index contributed by atoms with van der Waals surface area (Å²) < 4.78 is 0. The van der Waals surface area contributed by atoms with E-state index in [0.29, 0.717) is 0 Å². The lowest BCUT2D eigenvalue weighted by Gasteiger charge is -2.43. The summed E-state index contributed by atoms with van der Waals surface area (Å²) in [7, 11) is 0. The lowest BCUT2D eigenvalue weighted by Crippen LogP contribution is -2.67. The summed E-state index contributed by atoms with van der Waals surface area (Å²) in [5.41, 5.74) is 7.76. The van der Waals surface area contributed by atoms with Gasteiger partial charge >= 0.3 is 0 Å². The second kappa shape index (κ2) is 3.10. The topological polar surface area (TPSA) is 46.3 Å². The molecule has 3 heteroatoms. The third-order valence-electron chi connectivity index (χ3n) is 2.76. The molecule has 1 saturated heterocycles. The van der Waals surface area contributed by atoms with Gasteiger partial charge < -0.3 is 10.6 Å². The first-order valence-electron chi connectivity index (χ1n) is 4.76. The van der Waals surface area contributed by atoms with Gasteiger partial charge in [0.05, 0.1) is 6.04 Å². The van der Waals surface area contributed by atoms with Gasteiger partial charge in [-0.25, -0.2) is 0 Å². The summed E-state index contributed by atoms with van der Waals surface area (Å²) in [6.45, 7) is 3.99. The van der Waals surface area contributed by atoms with Gasteiger partial charge in [-0.2, -0.15) is 0 Å². The Morgan fingerprint density at radius 1 is 1.29 bits per heavy atom. The van der Waals surface area contributed by atoms with E-state index in [9.17, 15) is 4.79 Å². The number of anilines is 1. The van der Waals surface area contributed by atoms with E-state index in [1.165, 1.54) is 5.56 Å². The van der Waals surface area contributed by atoms with E-state index in [2.05, 4.69) is 0 Å². The number of nitrogens with zero attached hydrogens (tertiary/aromatic N) is 1. The van der Waals surface area contributed by atoms with E-state index in [0.717, 1.165) is 5.69 Å². The van der Waals surface area contributed by atoms with Gasteiger partial charge in [0.2, 0.25) is 5.91 Å². The summed E-state index contributed by atoms with van der Waals surface area (Å²) >= 11 is 0. The molecule has 0 aromatic heterocycles. The van der Waals surface area contributed by atoms with Crippen LogP contribution in [0.25, 0.3) is 0 Å². The molecule has 1 aliphatic heterocycles. The molecule has 1 heterocycles.